The van der Waals surface area contributed by atoms with Gasteiger partial charge < -0.3 is 0 Å². The minimum absolute atomic E-state index is 0.955. The predicted octanol–water partition coefficient (Wildman–Crippen LogP) is 5.23. The van der Waals surface area contributed by atoms with Crippen LogP contribution in [0.15, 0.2) is 0 Å². The Kier molecular flexibility index (Phi) is 8.10. The van der Waals surface area contributed by atoms with Crippen LogP contribution in [-0.2, 0) is 0 Å². The van der Waals surface area contributed by atoms with Crippen LogP contribution in [-0.4, -0.2) is 7.85 Å². The molecule has 1 rings (SSSR count). The van der Waals surface area contributed by atoms with Gasteiger partial charge in [0.15, 0.2) is 0 Å². The minimum Gasteiger partial charge on any atom is -0.0695 e. The van der Waals surface area contributed by atoms with E-state index in [1.165, 1.54) is 64.2 Å². The van der Waals surface area contributed by atoms with Gasteiger partial charge in [0.2, 0.25) is 0 Å². The normalized spacial score (nSPS) is 27.9. The first-order valence-electron chi connectivity index (χ1n) is 8.63. The van der Waals surface area contributed by atoms with Gasteiger partial charge in [-0.25, -0.2) is 0 Å². The van der Waals surface area contributed by atoms with Gasteiger partial charge in [-0.3, -0.25) is 0 Å². The van der Waals surface area contributed by atoms with Crippen molar-refractivity contribution in [2.45, 2.75) is 90.8 Å². The Hall–Kier alpha value is 0.0649. The fourth-order valence-corrected chi connectivity index (χ4v) is 3.72. The van der Waals surface area contributed by atoms with Gasteiger partial charge in [-0.2, -0.15) is 0 Å². The fourth-order valence-electron chi connectivity index (χ4n) is 3.72. The van der Waals surface area contributed by atoms with Gasteiger partial charge in [-0.05, 0) is 30.6 Å². The molecule has 0 amide bonds. The zero-order valence-corrected chi connectivity index (χ0v) is 13.4. The van der Waals surface area contributed by atoms with E-state index in [-0.39, 0.29) is 0 Å². The molecule has 0 heterocycles. The van der Waals surface area contributed by atoms with Crippen LogP contribution in [0.2, 0.25) is 5.82 Å². The molecule has 0 radical (unpaired) electrons. The molecule has 0 aromatic heterocycles. The maximum Gasteiger partial charge on any atom is 0.105 e. The average Bonchev–Trinajstić information content (AvgIpc) is 2.35. The summed E-state index contributed by atoms with van der Waals surface area (Å²) in [5.74, 6) is 3.97. The lowest BCUT2D eigenvalue weighted by Crippen LogP contribution is -2.20. The van der Waals surface area contributed by atoms with E-state index in [4.69, 9.17) is 0 Å². The van der Waals surface area contributed by atoms with Crippen molar-refractivity contribution in [3.8, 4) is 0 Å². The summed E-state index contributed by atoms with van der Waals surface area (Å²) < 4.78 is 0. The summed E-state index contributed by atoms with van der Waals surface area (Å²) in [7, 11) is 2.48. The van der Waals surface area contributed by atoms with Crippen LogP contribution < -0.4 is 0 Å². The second kappa shape index (κ2) is 9.05. The summed E-state index contributed by atoms with van der Waals surface area (Å²) in [6.45, 7) is 7.25. The summed E-state index contributed by atoms with van der Waals surface area (Å²) in [5, 5.41) is 0. The summed E-state index contributed by atoms with van der Waals surface area (Å²) in [6, 6.07) is 0. The third-order valence-electron chi connectivity index (χ3n) is 5.19. The number of rotatable bonds is 8. The Bertz CT molecular complexity index is 194. The lowest BCUT2D eigenvalue weighted by Gasteiger charge is -2.32. The quantitative estimate of drug-likeness (QED) is 0.408. The summed E-state index contributed by atoms with van der Waals surface area (Å²) in [4.78, 5) is 0. The smallest absolute Gasteiger partial charge is 0.0695 e. The van der Waals surface area contributed by atoms with Gasteiger partial charge in [-0.1, -0.05) is 78.0 Å². The van der Waals surface area contributed by atoms with Gasteiger partial charge in [0.25, 0.3) is 0 Å². The van der Waals surface area contributed by atoms with E-state index in [0.717, 1.165) is 23.6 Å². The zero-order chi connectivity index (χ0) is 13.4. The first-order valence-corrected chi connectivity index (χ1v) is 8.63. The highest BCUT2D eigenvalue weighted by Crippen LogP contribution is 2.36. The molecule has 18 heavy (non-hydrogen) atoms. The van der Waals surface area contributed by atoms with Crippen molar-refractivity contribution in [2.24, 2.45) is 17.8 Å². The van der Waals surface area contributed by atoms with Crippen molar-refractivity contribution in [2.75, 3.05) is 0 Å². The van der Waals surface area contributed by atoms with Crippen molar-refractivity contribution < 1.29 is 0 Å². The molecular weight excluding hydrogens is 215 g/mol. The van der Waals surface area contributed by atoms with E-state index in [0.29, 0.717) is 0 Å². The molecule has 1 aliphatic carbocycles. The molecular formula is C17H35B. The molecule has 0 aromatic carbocycles. The molecule has 0 N–H and O–H groups in total. The van der Waals surface area contributed by atoms with Crippen molar-refractivity contribution in [1.29, 1.82) is 0 Å². The Morgan fingerprint density at radius 2 is 1.72 bits per heavy atom. The van der Waals surface area contributed by atoms with Gasteiger partial charge in [0, 0.05) is 0 Å². The lowest BCUT2D eigenvalue weighted by atomic mass is 9.70. The SMILES string of the molecule is BC(CCCCCC)CC(C)C1CCC(C)CC1. The lowest BCUT2D eigenvalue weighted by molar-refractivity contribution is 0.212. The predicted molar refractivity (Wildman–Crippen MR) is 86.0 cm³/mol. The zero-order valence-electron chi connectivity index (χ0n) is 13.4. The Morgan fingerprint density at radius 3 is 2.33 bits per heavy atom. The maximum atomic E-state index is 2.52. The van der Waals surface area contributed by atoms with E-state index in [1.807, 2.05) is 0 Å². The molecule has 1 aliphatic rings. The largest absolute Gasteiger partial charge is 0.105 e. The molecule has 2 atom stereocenters. The van der Waals surface area contributed by atoms with Gasteiger partial charge in [-0.15, -0.1) is 0 Å². The highest BCUT2D eigenvalue weighted by atomic mass is 14.3. The Morgan fingerprint density at radius 1 is 1.06 bits per heavy atom. The second-order valence-electron chi connectivity index (χ2n) is 7.19. The minimum atomic E-state index is 0.955. The maximum absolute atomic E-state index is 2.52. The molecule has 0 saturated heterocycles. The van der Waals surface area contributed by atoms with Gasteiger partial charge in [0.1, 0.15) is 7.85 Å². The van der Waals surface area contributed by atoms with Crippen LogP contribution in [0.1, 0.15) is 85.0 Å². The van der Waals surface area contributed by atoms with Crippen LogP contribution in [0.4, 0.5) is 0 Å². The van der Waals surface area contributed by atoms with Crippen LogP contribution >= 0.6 is 0 Å². The highest BCUT2D eigenvalue weighted by Gasteiger charge is 2.24. The standard InChI is InChI=1S/C17H35B/c1-4-5-6-7-8-17(18)13-15(3)16-11-9-14(2)10-12-16/h14-17H,4-13,18H2,1-3H3. The summed E-state index contributed by atoms with van der Waals surface area (Å²) in [6.07, 6.45) is 14.6. The monoisotopic (exact) mass is 250 g/mol. The number of unbranched alkanes of at least 4 members (excludes halogenated alkanes) is 3. The van der Waals surface area contributed by atoms with E-state index in [2.05, 4.69) is 28.6 Å². The van der Waals surface area contributed by atoms with E-state index in [9.17, 15) is 0 Å². The molecule has 1 heteroatoms. The Labute approximate surface area is 117 Å². The third-order valence-corrected chi connectivity index (χ3v) is 5.19. The molecule has 2 unspecified atom stereocenters. The molecule has 0 nitrogen and oxygen atoms in total. The first-order chi connectivity index (χ1) is 8.63. The first kappa shape index (κ1) is 16.1. The molecule has 106 valence electrons. The molecule has 0 aromatic rings. The average molecular weight is 250 g/mol. The fraction of sp³-hybridized carbons (Fsp3) is 1.00. The Balaban J connectivity index is 2.12. The summed E-state index contributed by atoms with van der Waals surface area (Å²) >= 11 is 0. The van der Waals surface area contributed by atoms with Crippen LogP contribution in [0, 0.1) is 17.8 Å². The molecule has 0 bridgehead atoms. The molecule has 1 fully saturated rings. The van der Waals surface area contributed by atoms with E-state index >= 15 is 0 Å². The molecule has 0 aliphatic heterocycles. The van der Waals surface area contributed by atoms with Gasteiger partial charge >= 0.3 is 0 Å². The van der Waals surface area contributed by atoms with Gasteiger partial charge in [0.05, 0.1) is 0 Å². The van der Waals surface area contributed by atoms with Crippen LogP contribution in [0.5, 0.6) is 0 Å². The number of hydrogen-bond acceptors (Lipinski definition) is 0. The van der Waals surface area contributed by atoms with Crippen molar-refractivity contribution in [3.63, 3.8) is 0 Å². The van der Waals surface area contributed by atoms with Crippen LogP contribution in [0.3, 0.4) is 0 Å². The summed E-state index contributed by atoms with van der Waals surface area (Å²) in [5.41, 5.74) is 0. The topological polar surface area (TPSA) is 0 Å². The molecule has 1 saturated carbocycles. The van der Waals surface area contributed by atoms with Crippen molar-refractivity contribution in [1.82, 2.24) is 0 Å². The molecule has 0 spiro atoms. The van der Waals surface area contributed by atoms with E-state index in [1.54, 1.807) is 0 Å². The van der Waals surface area contributed by atoms with Crippen molar-refractivity contribution in [3.05, 3.63) is 0 Å². The number of hydrogen-bond donors (Lipinski definition) is 0. The van der Waals surface area contributed by atoms with Crippen molar-refractivity contribution >= 4 is 7.85 Å². The van der Waals surface area contributed by atoms with E-state index < -0.39 is 0 Å². The third kappa shape index (κ3) is 6.30. The highest BCUT2D eigenvalue weighted by molar-refractivity contribution is 6.11. The van der Waals surface area contributed by atoms with Crippen LogP contribution in [0.25, 0.3) is 0 Å². The second-order valence-corrected chi connectivity index (χ2v) is 7.19.